The maximum absolute atomic E-state index is 12.9. The highest BCUT2D eigenvalue weighted by atomic mass is 35.5. The summed E-state index contributed by atoms with van der Waals surface area (Å²) in [4.78, 5) is 35.7. The lowest BCUT2D eigenvalue weighted by atomic mass is 9.93. The van der Waals surface area contributed by atoms with Gasteiger partial charge in [-0.05, 0) is 55.4 Å². The molecular weight excluding hydrogens is 420 g/mol. The van der Waals surface area contributed by atoms with E-state index >= 15 is 0 Å². The number of thioether (sulfide) groups is 1. The Morgan fingerprint density at radius 2 is 1.93 bits per heavy atom. The van der Waals surface area contributed by atoms with Crippen LogP contribution in [0.3, 0.4) is 0 Å². The van der Waals surface area contributed by atoms with Gasteiger partial charge in [0, 0.05) is 37.1 Å². The standard InChI is InChI=1S/C22H25ClN4O2S/c23-18-6-4-17(5-7-18)22(8-9-22)20(29)26-13-16-3-1-12-27(14-16)19(28)15-30-21-24-10-2-11-25-21/h2,4-7,10-11,16H,1,3,8-9,12-15H2,(H,26,29)/t16-/m1/s1. The molecule has 30 heavy (non-hydrogen) atoms. The van der Waals surface area contributed by atoms with Crippen LogP contribution in [0.4, 0.5) is 0 Å². The number of halogens is 1. The lowest BCUT2D eigenvalue weighted by molar-refractivity contribution is -0.130. The van der Waals surface area contributed by atoms with Gasteiger partial charge in [-0.15, -0.1) is 0 Å². The van der Waals surface area contributed by atoms with E-state index in [2.05, 4.69) is 15.3 Å². The minimum absolute atomic E-state index is 0.0880. The van der Waals surface area contributed by atoms with Gasteiger partial charge < -0.3 is 10.2 Å². The molecule has 1 aliphatic carbocycles. The highest BCUT2D eigenvalue weighted by molar-refractivity contribution is 7.99. The molecule has 1 aromatic carbocycles. The van der Waals surface area contributed by atoms with Crippen LogP contribution in [0.25, 0.3) is 0 Å². The minimum Gasteiger partial charge on any atom is -0.355 e. The maximum Gasteiger partial charge on any atom is 0.233 e. The van der Waals surface area contributed by atoms with Crippen LogP contribution < -0.4 is 5.32 Å². The van der Waals surface area contributed by atoms with Crippen molar-refractivity contribution >= 4 is 35.2 Å². The molecule has 1 aromatic heterocycles. The van der Waals surface area contributed by atoms with Crippen LogP contribution in [0.15, 0.2) is 47.9 Å². The van der Waals surface area contributed by atoms with Crippen molar-refractivity contribution in [1.82, 2.24) is 20.2 Å². The zero-order chi connectivity index (χ0) is 21.0. The molecule has 8 heteroatoms. The van der Waals surface area contributed by atoms with Crippen LogP contribution in [0, 0.1) is 5.92 Å². The summed E-state index contributed by atoms with van der Waals surface area (Å²) in [7, 11) is 0. The molecule has 2 amide bonds. The predicted octanol–water partition coefficient (Wildman–Crippen LogP) is 3.31. The topological polar surface area (TPSA) is 75.2 Å². The fourth-order valence-corrected chi connectivity index (χ4v) is 4.81. The van der Waals surface area contributed by atoms with E-state index in [0.29, 0.717) is 29.0 Å². The first-order chi connectivity index (χ1) is 14.6. The van der Waals surface area contributed by atoms with Gasteiger partial charge in [-0.1, -0.05) is 35.5 Å². The van der Waals surface area contributed by atoms with Crippen molar-refractivity contribution in [2.24, 2.45) is 5.92 Å². The highest BCUT2D eigenvalue weighted by Gasteiger charge is 2.51. The molecule has 1 aliphatic heterocycles. The summed E-state index contributed by atoms with van der Waals surface area (Å²) in [6, 6.07) is 9.34. The van der Waals surface area contributed by atoms with E-state index in [0.717, 1.165) is 37.8 Å². The van der Waals surface area contributed by atoms with Crippen molar-refractivity contribution in [1.29, 1.82) is 0 Å². The molecule has 1 N–H and O–H groups in total. The first kappa shape index (κ1) is 21.1. The van der Waals surface area contributed by atoms with Crippen molar-refractivity contribution < 1.29 is 9.59 Å². The molecule has 2 aromatic rings. The van der Waals surface area contributed by atoms with E-state index < -0.39 is 5.41 Å². The second kappa shape index (κ2) is 9.35. The van der Waals surface area contributed by atoms with E-state index in [1.54, 1.807) is 18.5 Å². The lowest BCUT2D eigenvalue weighted by Gasteiger charge is -2.33. The van der Waals surface area contributed by atoms with Crippen molar-refractivity contribution in [3.8, 4) is 0 Å². The van der Waals surface area contributed by atoms with Gasteiger partial charge in [-0.3, -0.25) is 9.59 Å². The molecule has 158 valence electrons. The van der Waals surface area contributed by atoms with Gasteiger partial charge in [0.15, 0.2) is 5.16 Å². The SMILES string of the molecule is O=C(CSc1ncccn1)N1CCC[C@H](CNC(=O)C2(c3ccc(Cl)cc3)CC2)C1. The Kier molecular flexibility index (Phi) is 6.58. The van der Waals surface area contributed by atoms with Crippen molar-refractivity contribution in [3.05, 3.63) is 53.3 Å². The number of piperidine rings is 1. The molecule has 1 saturated heterocycles. The van der Waals surface area contributed by atoms with Gasteiger partial charge in [-0.2, -0.15) is 0 Å². The van der Waals surface area contributed by atoms with Gasteiger partial charge >= 0.3 is 0 Å². The van der Waals surface area contributed by atoms with Crippen LogP contribution in [0.5, 0.6) is 0 Å². The first-order valence-electron chi connectivity index (χ1n) is 10.3. The van der Waals surface area contributed by atoms with Crippen LogP contribution in [0.2, 0.25) is 5.02 Å². The summed E-state index contributed by atoms with van der Waals surface area (Å²) < 4.78 is 0. The predicted molar refractivity (Wildman–Crippen MR) is 117 cm³/mol. The van der Waals surface area contributed by atoms with Crippen molar-refractivity contribution in [2.45, 2.75) is 36.3 Å². The average molecular weight is 445 g/mol. The Labute approximate surface area is 185 Å². The third-order valence-corrected chi connectivity index (χ3v) is 6.98. The highest BCUT2D eigenvalue weighted by Crippen LogP contribution is 2.48. The molecular formula is C22H25ClN4O2S. The van der Waals surface area contributed by atoms with Crippen molar-refractivity contribution in [2.75, 3.05) is 25.4 Å². The Morgan fingerprint density at radius 3 is 2.63 bits per heavy atom. The van der Waals surface area contributed by atoms with E-state index in [-0.39, 0.29) is 17.7 Å². The molecule has 0 radical (unpaired) electrons. The molecule has 0 spiro atoms. The number of hydrogen-bond donors (Lipinski definition) is 1. The zero-order valence-corrected chi connectivity index (χ0v) is 18.3. The van der Waals surface area contributed by atoms with Crippen molar-refractivity contribution in [3.63, 3.8) is 0 Å². The Morgan fingerprint density at radius 1 is 1.20 bits per heavy atom. The Balaban J connectivity index is 1.26. The number of nitrogens with one attached hydrogen (secondary N) is 1. The molecule has 0 bridgehead atoms. The maximum atomic E-state index is 12.9. The van der Waals surface area contributed by atoms with Gasteiger partial charge in [0.2, 0.25) is 11.8 Å². The smallest absolute Gasteiger partial charge is 0.233 e. The van der Waals surface area contributed by atoms with Crippen LogP contribution in [-0.2, 0) is 15.0 Å². The number of rotatable bonds is 7. The number of carbonyl (C=O) groups excluding carboxylic acids is 2. The van der Waals surface area contributed by atoms with Gasteiger partial charge in [0.1, 0.15) is 0 Å². The third kappa shape index (κ3) is 4.95. The van der Waals surface area contributed by atoms with E-state index in [9.17, 15) is 9.59 Å². The normalized spacial score (nSPS) is 19.9. The van der Waals surface area contributed by atoms with Crippen LogP contribution in [-0.4, -0.2) is 52.1 Å². The molecule has 0 unspecified atom stereocenters. The number of likely N-dealkylation sites (tertiary alicyclic amines) is 1. The summed E-state index contributed by atoms with van der Waals surface area (Å²) in [5.41, 5.74) is 0.631. The van der Waals surface area contributed by atoms with E-state index in [1.165, 1.54) is 11.8 Å². The first-order valence-corrected chi connectivity index (χ1v) is 11.7. The zero-order valence-electron chi connectivity index (χ0n) is 16.7. The minimum atomic E-state index is -0.402. The summed E-state index contributed by atoms with van der Waals surface area (Å²) in [6.45, 7) is 2.06. The Bertz CT molecular complexity index is 890. The summed E-state index contributed by atoms with van der Waals surface area (Å²) >= 11 is 7.34. The fraction of sp³-hybridized carbons (Fsp3) is 0.455. The van der Waals surface area contributed by atoms with Gasteiger partial charge in [-0.25, -0.2) is 9.97 Å². The van der Waals surface area contributed by atoms with E-state index in [1.807, 2.05) is 29.2 Å². The molecule has 1 saturated carbocycles. The summed E-state index contributed by atoms with van der Waals surface area (Å²) in [5.74, 6) is 0.807. The third-order valence-electron chi connectivity index (χ3n) is 5.87. The number of hydrogen-bond acceptors (Lipinski definition) is 5. The summed E-state index contributed by atoms with van der Waals surface area (Å²) in [5, 5.41) is 4.44. The molecule has 1 atom stereocenters. The average Bonchev–Trinajstić information content (AvgIpc) is 3.59. The number of aromatic nitrogens is 2. The lowest BCUT2D eigenvalue weighted by Crippen LogP contribution is -2.45. The summed E-state index contributed by atoms with van der Waals surface area (Å²) in [6.07, 6.45) is 7.07. The number of carbonyl (C=O) groups is 2. The monoisotopic (exact) mass is 444 g/mol. The van der Waals surface area contributed by atoms with Crippen LogP contribution in [0.1, 0.15) is 31.2 Å². The molecule has 2 heterocycles. The molecule has 6 nitrogen and oxygen atoms in total. The quantitative estimate of drug-likeness (QED) is 0.523. The van der Waals surface area contributed by atoms with Gasteiger partial charge in [0.25, 0.3) is 0 Å². The molecule has 2 aliphatic rings. The second-order valence-electron chi connectivity index (χ2n) is 7.97. The number of benzene rings is 1. The van der Waals surface area contributed by atoms with E-state index in [4.69, 9.17) is 11.6 Å². The Hall–Kier alpha value is -2.12. The second-order valence-corrected chi connectivity index (χ2v) is 9.35. The fourth-order valence-electron chi connectivity index (χ4n) is 3.98. The van der Waals surface area contributed by atoms with Gasteiger partial charge in [0.05, 0.1) is 11.2 Å². The largest absolute Gasteiger partial charge is 0.355 e. The molecule has 2 fully saturated rings. The number of nitrogens with zero attached hydrogens (tertiary/aromatic N) is 3. The molecule has 4 rings (SSSR count). The van der Waals surface area contributed by atoms with Crippen LogP contribution >= 0.6 is 23.4 Å². The number of amides is 2.